The van der Waals surface area contributed by atoms with E-state index in [4.69, 9.17) is 90.0 Å². The van der Waals surface area contributed by atoms with Gasteiger partial charge in [-0.05, 0) is 13.8 Å². The van der Waals surface area contributed by atoms with Crippen LogP contribution in [0.4, 0.5) is 0 Å². The van der Waals surface area contributed by atoms with Gasteiger partial charge in [0.15, 0.2) is 62.9 Å². The van der Waals surface area contributed by atoms with Crippen molar-refractivity contribution in [1.82, 2.24) is 16.0 Å². The number of hydrogen-bond acceptors (Lipinski definition) is 49. The Labute approximate surface area is 668 Å². The van der Waals surface area contributed by atoms with Crippen LogP contribution in [-0.4, -0.2) is 515 Å². The fourth-order valence-electron chi connectivity index (χ4n) is 15.4. The zero-order chi connectivity index (χ0) is 86.8. The monoisotopic (exact) mass is 1730 g/mol. The van der Waals surface area contributed by atoms with Crippen molar-refractivity contribution >= 4 is 17.7 Å². The highest BCUT2D eigenvalue weighted by molar-refractivity contribution is 5.74. The molecule has 0 aromatic carbocycles. The minimum Gasteiger partial charge on any atom is -0.394 e. The number of amides is 3. The lowest BCUT2D eigenvalue weighted by Crippen LogP contribution is -2.70. The number of carbonyl (C=O) groups excluding carboxylic acids is 3. The first-order chi connectivity index (χ1) is 55.8. The molecule has 10 rings (SSSR count). The number of ether oxygens (including phenoxy) is 19. The fourth-order valence-corrected chi connectivity index (χ4v) is 15.4. The predicted molar refractivity (Wildman–Crippen MR) is 362 cm³/mol. The summed E-state index contributed by atoms with van der Waals surface area (Å²) in [7, 11) is 0. The van der Waals surface area contributed by atoms with Crippen LogP contribution in [0.2, 0.25) is 0 Å². The van der Waals surface area contributed by atoms with Gasteiger partial charge in [-0.15, -0.1) is 0 Å². The summed E-state index contributed by atoms with van der Waals surface area (Å²) in [6, 6.07) is -5.77. The Bertz CT molecular complexity index is 3140. The minimum atomic E-state index is -2.53. The summed E-state index contributed by atoms with van der Waals surface area (Å²) in [5.74, 6) is -2.81. The fraction of sp³-hybridized carbons (Fsp3) is 0.955. The molecule has 684 valence electrons. The highest BCUT2D eigenvalue weighted by Gasteiger charge is 2.62. The normalized spacial score (nSPS) is 51.1. The van der Waals surface area contributed by atoms with Gasteiger partial charge < -0.3 is 244 Å². The van der Waals surface area contributed by atoms with Gasteiger partial charge in [-0.2, -0.15) is 0 Å². The summed E-state index contributed by atoms with van der Waals surface area (Å²) in [5.41, 5.74) is 0. The van der Waals surface area contributed by atoms with E-state index >= 15 is 0 Å². The Kier molecular flexibility index (Phi) is 34.3. The zero-order valence-electron chi connectivity index (χ0n) is 63.6. The number of hydrogen-bond donors (Lipinski definition) is 30. The van der Waals surface area contributed by atoms with Gasteiger partial charge in [-0.3, -0.25) is 14.4 Å². The van der Waals surface area contributed by atoms with E-state index in [1.54, 1.807) is 0 Å². The number of carbonyl (C=O) groups is 3. The van der Waals surface area contributed by atoms with Crippen molar-refractivity contribution in [3.63, 3.8) is 0 Å². The van der Waals surface area contributed by atoms with Crippen molar-refractivity contribution in [2.45, 2.75) is 341 Å². The Morgan fingerprint density at radius 2 is 0.500 bits per heavy atom. The standard InChI is InChI=1S/C66H111N3O49/c1-14-30(80)40(90)46(96)60(101-14)117-55-44(94)34(84)20(7-71)105-64(55)112-50-24(11-75)108-58(28(38(50)88)68-17(4)78)115-53-42(92)32(82)19(6-70)104-63(53)100-13-26-36(86)52(48(98)62(110-26)111-49-23(10-74)103-57(99)27(37(49)87)67-16(3)77)114-66-54(43(93)33(83)22(9-73)107-66)116-59-29(69-18(5)79)39(89)51(25(12-76)109-59)113-65-56(45(95)35(85)21(8-72)106-65)118-61-47(97)41(91)31(81)15(2)102-61/h14-15,19-66,70-76,80-99H,6-13H2,1-5H3,(H,67,77)(H,68,78)(H,69,79)/t14-,15-,19+,20+,21+,22+,23+,24+,25+,26+,27+,28+,29+,30+,31+,32+,33+,34-,35-,36+,37+,38+,39+,40+,41+,42-,43-,44-,45-,46-,47-,48-,49+,50+,51+,52-,53-,54-,55+,56+,57?,58-,59-,60-,61-,62-,63-,64-,65-,66-/m0/s1. The molecule has 10 heterocycles. The SMILES string of the molecule is CC(=O)N[C@H]1[C@H](O[C@@H]2[C@H](O[C@@H]3[C@H](O)[C@H](O[C@H]4[C@H](O)[C@@H](NC(C)=O)C(O)O[C@@H]4CO)O[C@H](CO[C@H]4O[C@H](CO)[C@@H](O)[C@H](O)[C@@H]4O[C@@H]4O[C@H](CO)[C@@H](O[C@@H]5O[C@H](CO)[C@H](O)[C@H](O)[C@H]5O[C@@H]5O[C@@H](C)[C@@H](O)[C@@H](O)[C@@H]5O)[C@H](O)[C@H]4NC(C)=O)[C@H]3O)O[C@H](CO)[C@@H](O)[C@@H]2O)O[C@H](CO)[C@@H](O[C@@H]2O[C@H](CO)[C@H](O)[C@H](O)[C@H]2O[C@@H]2O[C@@H](C)[C@@H](O)[C@@H](O)[C@@H]2O)[C@@H]1O. The van der Waals surface area contributed by atoms with Crippen LogP contribution in [0.5, 0.6) is 0 Å². The summed E-state index contributed by atoms with van der Waals surface area (Å²) in [6.07, 6.45) is -96.3. The van der Waals surface area contributed by atoms with E-state index in [1.807, 2.05) is 0 Å². The van der Waals surface area contributed by atoms with Gasteiger partial charge in [0.1, 0.15) is 232 Å². The third kappa shape index (κ3) is 20.8. The molecule has 118 heavy (non-hydrogen) atoms. The molecule has 30 N–H and O–H groups in total. The van der Waals surface area contributed by atoms with Gasteiger partial charge >= 0.3 is 0 Å². The van der Waals surface area contributed by atoms with E-state index in [9.17, 15) is 152 Å². The predicted octanol–water partition coefficient (Wildman–Crippen LogP) is -20.3. The number of rotatable bonds is 29. The largest absolute Gasteiger partial charge is 0.394 e. The van der Waals surface area contributed by atoms with Crippen LogP contribution in [0.15, 0.2) is 0 Å². The molecule has 10 aliphatic rings. The summed E-state index contributed by atoms with van der Waals surface area (Å²) in [6.45, 7) is -3.64. The maximum atomic E-state index is 13.1. The van der Waals surface area contributed by atoms with Crippen LogP contribution < -0.4 is 16.0 Å². The molecule has 0 bridgehead atoms. The van der Waals surface area contributed by atoms with E-state index in [2.05, 4.69) is 16.0 Å². The van der Waals surface area contributed by atoms with Crippen LogP contribution >= 0.6 is 0 Å². The molecule has 50 atom stereocenters. The molecular formula is C66H111N3O49. The quantitative estimate of drug-likeness (QED) is 0.0331. The van der Waals surface area contributed by atoms with Crippen molar-refractivity contribution in [3.8, 4) is 0 Å². The van der Waals surface area contributed by atoms with Crippen molar-refractivity contribution in [3.05, 3.63) is 0 Å². The Hall–Kier alpha value is -3.43. The molecular weight excluding hydrogens is 1620 g/mol. The summed E-state index contributed by atoms with van der Waals surface area (Å²) in [4.78, 5) is 38.6. The first-order valence-corrected chi connectivity index (χ1v) is 37.9. The number of nitrogens with one attached hydrogen (secondary N) is 3. The van der Waals surface area contributed by atoms with Crippen LogP contribution in [0.3, 0.4) is 0 Å². The third-order valence-electron chi connectivity index (χ3n) is 22.0. The molecule has 0 spiro atoms. The second-order valence-corrected chi connectivity index (χ2v) is 30.2. The molecule has 10 fully saturated rings. The molecule has 0 saturated carbocycles. The summed E-state index contributed by atoms with van der Waals surface area (Å²) < 4.78 is 113. The first kappa shape index (κ1) is 96.8. The molecule has 10 aliphatic heterocycles. The molecule has 52 nitrogen and oxygen atoms in total. The van der Waals surface area contributed by atoms with E-state index in [0.29, 0.717) is 0 Å². The average Bonchev–Trinajstić information content (AvgIpc) is 0.768. The second-order valence-electron chi connectivity index (χ2n) is 30.2. The molecule has 52 heteroatoms. The van der Waals surface area contributed by atoms with E-state index in [0.717, 1.165) is 20.8 Å². The van der Waals surface area contributed by atoms with Gasteiger partial charge in [0.2, 0.25) is 17.7 Å². The first-order valence-electron chi connectivity index (χ1n) is 37.9. The average molecular weight is 1730 g/mol. The molecule has 0 aromatic heterocycles. The molecule has 0 aliphatic carbocycles. The van der Waals surface area contributed by atoms with E-state index in [-0.39, 0.29) is 0 Å². The molecule has 0 aromatic rings. The third-order valence-corrected chi connectivity index (χ3v) is 22.0. The van der Waals surface area contributed by atoms with Crippen LogP contribution in [-0.2, 0) is 104 Å². The molecule has 3 amide bonds. The Morgan fingerprint density at radius 1 is 0.237 bits per heavy atom. The molecule has 10 saturated heterocycles. The van der Waals surface area contributed by atoms with Crippen molar-refractivity contribution in [2.24, 2.45) is 0 Å². The van der Waals surface area contributed by atoms with Crippen molar-refractivity contribution in [2.75, 3.05) is 52.9 Å². The van der Waals surface area contributed by atoms with Gasteiger partial charge in [-0.1, -0.05) is 0 Å². The maximum absolute atomic E-state index is 13.1. The van der Waals surface area contributed by atoms with E-state index < -0.39 is 377 Å². The number of aliphatic hydroxyl groups is 27. The maximum Gasteiger partial charge on any atom is 0.217 e. The summed E-state index contributed by atoms with van der Waals surface area (Å²) in [5, 5.41) is 308. The topological polar surface area (TPSA) is 809 Å². The van der Waals surface area contributed by atoms with Gasteiger partial charge in [0.25, 0.3) is 0 Å². The lowest BCUT2D eigenvalue weighted by molar-refractivity contribution is -0.401. The lowest BCUT2D eigenvalue weighted by Gasteiger charge is -2.51. The smallest absolute Gasteiger partial charge is 0.217 e. The second kappa shape index (κ2) is 41.8. The summed E-state index contributed by atoms with van der Waals surface area (Å²) >= 11 is 0. The zero-order valence-corrected chi connectivity index (χ0v) is 63.6. The minimum absolute atomic E-state index is 0.859. The highest BCUT2D eigenvalue weighted by Crippen LogP contribution is 2.41. The van der Waals surface area contributed by atoms with Crippen LogP contribution in [0, 0.1) is 0 Å². The molecule has 1 unspecified atom stereocenters. The number of aliphatic hydroxyl groups excluding tert-OH is 27. The van der Waals surface area contributed by atoms with Gasteiger partial charge in [0, 0.05) is 20.8 Å². The van der Waals surface area contributed by atoms with Gasteiger partial charge in [0.05, 0.1) is 65.1 Å². The Morgan fingerprint density at radius 3 is 0.847 bits per heavy atom. The van der Waals surface area contributed by atoms with Crippen LogP contribution in [0.25, 0.3) is 0 Å². The Balaban J connectivity index is 0.939. The van der Waals surface area contributed by atoms with Crippen LogP contribution in [0.1, 0.15) is 34.6 Å². The highest BCUT2D eigenvalue weighted by atomic mass is 16.8. The van der Waals surface area contributed by atoms with E-state index in [1.165, 1.54) is 13.8 Å². The lowest BCUT2D eigenvalue weighted by atomic mass is 9.94. The van der Waals surface area contributed by atoms with Gasteiger partial charge in [-0.25, -0.2) is 0 Å². The van der Waals surface area contributed by atoms with Crippen molar-refractivity contribution < 1.29 is 242 Å². The van der Waals surface area contributed by atoms with Crippen molar-refractivity contribution in [1.29, 1.82) is 0 Å². The molecule has 0 radical (unpaired) electrons.